The summed E-state index contributed by atoms with van der Waals surface area (Å²) in [7, 11) is 0. The van der Waals surface area contributed by atoms with E-state index in [4.69, 9.17) is 11.6 Å². The SMILES string of the molecule is C=C(c1ccc(Cl)cc1)n1c(C=O)cc2ccccc21. The van der Waals surface area contributed by atoms with Gasteiger partial charge in [-0.1, -0.05) is 48.5 Å². The third-order valence-corrected chi connectivity index (χ3v) is 3.56. The molecule has 2 nitrogen and oxygen atoms in total. The van der Waals surface area contributed by atoms with Crippen molar-refractivity contribution in [1.29, 1.82) is 0 Å². The van der Waals surface area contributed by atoms with Crippen LogP contribution in [0.15, 0.2) is 61.2 Å². The molecule has 0 saturated heterocycles. The predicted molar refractivity (Wildman–Crippen MR) is 83.2 cm³/mol. The fraction of sp³-hybridized carbons (Fsp3) is 0. The number of fused-ring (bicyclic) bond motifs is 1. The molecule has 0 atom stereocenters. The second kappa shape index (κ2) is 4.99. The van der Waals surface area contributed by atoms with Crippen LogP contribution in [-0.2, 0) is 0 Å². The lowest BCUT2D eigenvalue weighted by Gasteiger charge is -2.11. The first-order chi connectivity index (χ1) is 9.70. The Labute approximate surface area is 121 Å². The minimum absolute atomic E-state index is 0.589. The Hall–Kier alpha value is -2.32. The zero-order valence-corrected chi connectivity index (χ0v) is 11.5. The molecule has 3 heteroatoms. The monoisotopic (exact) mass is 281 g/mol. The number of aldehydes is 1. The van der Waals surface area contributed by atoms with Crippen LogP contribution in [-0.4, -0.2) is 10.9 Å². The van der Waals surface area contributed by atoms with Crippen LogP contribution in [0, 0.1) is 0 Å². The van der Waals surface area contributed by atoms with Gasteiger partial charge in [-0.05, 0) is 29.8 Å². The molecule has 0 saturated carbocycles. The maximum Gasteiger partial charge on any atom is 0.166 e. The highest BCUT2D eigenvalue weighted by molar-refractivity contribution is 6.30. The van der Waals surface area contributed by atoms with Crippen molar-refractivity contribution in [1.82, 2.24) is 4.57 Å². The van der Waals surface area contributed by atoms with Gasteiger partial charge in [-0.15, -0.1) is 0 Å². The molecule has 98 valence electrons. The summed E-state index contributed by atoms with van der Waals surface area (Å²) in [5.41, 5.74) is 3.24. The number of halogens is 1. The standard InChI is InChI=1S/C17H12ClNO/c1-12(13-6-8-15(18)9-7-13)19-16(11-20)10-14-4-2-3-5-17(14)19/h2-11H,1H2. The van der Waals surface area contributed by atoms with E-state index in [9.17, 15) is 4.79 Å². The van der Waals surface area contributed by atoms with Crippen molar-refractivity contribution >= 4 is 34.5 Å². The molecule has 0 spiro atoms. The Balaban J connectivity index is 2.20. The highest BCUT2D eigenvalue weighted by atomic mass is 35.5. The average Bonchev–Trinajstić information content (AvgIpc) is 2.85. The number of carbonyl (C=O) groups is 1. The van der Waals surface area contributed by atoms with E-state index in [1.54, 1.807) is 0 Å². The third-order valence-electron chi connectivity index (χ3n) is 3.31. The van der Waals surface area contributed by atoms with E-state index in [1.165, 1.54) is 0 Å². The molecule has 3 aromatic rings. The molecule has 0 fully saturated rings. The van der Waals surface area contributed by atoms with Gasteiger partial charge in [0.25, 0.3) is 0 Å². The molecular weight excluding hydrogens is 270 g/mol. The van der Waals surface area contributed by atoms with Crippen LogP contribution in [0.2, 0.25) is 5.02 Å². The van der Waals surface area contributed by atoms with Gasteiger partial charge in [0.2, 0.25) is 0 Å². The quantitative estimate of drug-likeness (QED) is 0.642. The molecule has 0 unspecified atom stereocenters. The average molecular weight is 282 g/mol. The second-order valence-corrected chi connectivity index (χ2v) is 4.97. The predicted octanol–water partition coefficient (Wildman–Crippen LogP) is 4.63. The molecule has 0 aliphatic heterocycles. The van der Waals surface area contributed by atoms with E-state index in [0.717, 1.165) is 28.4 Å². The number of carbonyl (C=O) groups excluding carboxylic acids is 1. The summed E-state index contributed by atoms with van der Waals surface area (Å²) in [5, 5.41) is 1.69. The maximum atomic E-state index is 11.3. The number of aromatic nitrogens is 1. The van der Waals surface area contributed by atoms with E-state index in [-0.39, 0.29) is 0 Å². The Kier molecular flexibility index (Phi) is 3.17. The van der Waals surface area contributed by atoms with Gasteiger partial charge in [-0.3, -0.25) is 4.79 Å². The van der Waals surface area contributed by atoms with Crippen molar-refractivity contribution in [3.63, 3.8) is 0 Å². The molecule has 0 amide bonds. The lowest BCUT2D eigenvalue weighted by Crippen LogP contribution is -2.01. The van der Waals surface area contributed by atoms with Crippen molar-refractivity contribution in [3.8, 4) is 0 Å². The first-order valence-electron chi connectivity index (χ1n) is 6.21. The number of para-hydroxylation sites is 1. The van der Waals surface area contributed by atoms with Crippen molar-refractivity contribution in [2.45, 2.75) is 0 Å². The van der Waals surface area contributed by atoms with E-state index >= 15 is 0 Å². The molecule has 1 aromatic heterocycles. The maximum absolute atomic E-state index is 11.3. The number of hydrogen-bond acceptors (Lipinski definition) is 1. The summed E-state index contributed by atoms with van der Waals surface area (Å²) in [6.07, 6.45) is 0.848. The molecule has 0 bridgehead atoms. The molecule has 1 heterocycles. The number of rotatable bonds is 3. The van der Waals surface area contributed by atoms with Gasteiger partial charge in [0.1, 0.15) is 0 Å². The van der Waals surface area contributed by atoms with E-state index in [0.29, 0.717) is 10.7 Å². The van der Waals surface area contributed by atoms with Gasteiger partial charge >= 0.3 is 0 Å². The molecule has 20 heavy (non-hydrogen) atoms. The van der Waals surface area contributed by atoms with Gasteiger partial charge < -0.3 is 4.57 Å². The van der Waals surface area contributed by atoms with E-state index < -0.39 is 0 Å². The van der Waals surface area contributed by atoms with Crippen molar-refractivity contribution in [2.24, 2.45) is 0 Å². The number of nitrogens with zero attached hydrogens (tertiary/aromatic N) is 1. The Morgan fingerprint density at radius 1 is 1.10 bits per heavy atom. The number of hydrogen-bond donors (Lipinski definition) is 0. The first-order valence-corrected chi connectivity index (χ1v) is 6.59. The van der Waals surface area contributed by atoms with Crippen LogP contribution in [0.25, 0.3) is 16.6 Å². The summed E-state index contributed by atoms with van der Waals surface area (Å²) in [6.45, 7) is 4.12. The highest BCUT2D eigenvalue weighted by Crippen LogP contribution is 2.26. The van der Waals surface area contributed by atoms with E-state index in [2.05, 4.69) is 6.58 Å². The van der Waals surface area contributed by atoms with Crippen LogP contribution >= 0.6 is 11.6 Å². The third kappa shape index (κ3) is 2.04. The van der Waals surface area contributed by atoms with Crippen molar-refractivity contribution in [3.05, 3.63) is 77.5 Å². The first kappa shape index (κ1) is 12.7. The molecule has 0 N–H and O–H groups in total. The minimum Gasteiger partial charge on any atom is -0.307 e. The fourth-order valence-corrected chi connectivity index (χ4v) is 2.46. The summed E-state index contributed by atoms with van der Waals surface area (Å²) < 4.78 is 1.87. The van der Waals surface area contributed by atoms with Crippen LogP contribution in [0.1, 0.15) is 16.1 Å². The van der Waals surface area contributed by atoms with Crippen LogP contribution < -0.4 is 0 Å². The van der Waals surface area contributed by atoms with Gasteiger partial charge in [0.05, 0.1) is 11.2 Å². The molecular formula is C17H12ClNO. The van der Waals surface area contributed by atoms with Gasteiger partial charge in [-0.25, -0.2) is 0 Å². The van der Waals surface area contributed by atoms with Crippen LogP contribution in [0.3, 0.4) is 0 Å². The normalized spacial score (nSPS) is 10.7. The Bertz CT molecular complexity index is 799. The lowest BCUT2D eigenvalue weighted by atomic mass is 10.1. The topological polar surface area (TPSA) is 22.0 Å². The lowest BCUT2D eigenvalue weighted by molar-refractivity contribution is 0.111. The smallest absolute Gasteiger partial charge is 0.166 e. The fourth-order valence-electron chi connectivity index (χ4n) is 2.34. The summed E-state index contributed by atoms with van der Waals surface area (Å²) >= 11 is 5.90. The Morgan fingerprint density at radius 3 is 2.50 bits per heavy atom. The van der Waals surface area contributed by atoms with Gasteiger partial charge in [0.15, 0.2) is 6.29 Å². The molecule has 2 aromatic carbocycles. The summed E-state index contributed by atoms with van der Waals surface area (Å²) in [6, 6.07) is 17.1. The van der Waals surface area contributed by atoms with Crippen molar-refractivity contribution < 1.29 is 4.79 Å². The summed E-state index contributed by atoms with van der Waals surface area (Å²) in [5.74, 6) is 0. The molecule has 0 aliphatic rings. The van der Waals surface area contributed by atoms with E-state index in [1.807, 2.05) is 59.2 Å². The number of benzene rings is 2. The Morgan fingerprint density at radius 2 is 1.80 bits per heavy atom. The zero-order valence-electron chi connectivity index (χ0n) is 10.7. The molecule has 0 aliphatic carbocycles. The zero-order chi connectivity index (χ0) is 14.1. The molecule has 0 radical (unpaired) electrons. The van der Waals surface area contributed by atoms with Gasteiger partial charge in [0, 0.05) is 16.1 Å². The van der Waals surface area contributed by atoms with Crippen LogP contribution in [0.4, 0.5) is 0 Å². The summed E-state index contributed by atoms with van der Waals surface area (Å²) in [4.78, 5) is 11.3. The minimum atomic E-state index is 0.589. The van der Waals surface area contributed by atoms with Crippen LogP contribution in [0.5, 0.6) is 0 Å². The highest BCUT2D eigenvalue weighted by Gasteiger charge is 2.11. The van der Waals surface area contributed by atoms with Crippen molar-refractivity contribution in [2.75, 3.05) is 0 Å². The second-order valence-electron chi connectivity index (χ2n) is 4.53. The molecule has 3 rings (SSSR count). The van der Waals surface area contributed by atoms with Gasteiger partial charge in [-0.2, -0.15) is 0 Å². The largest absolute Gasteiger partial charge is 0.307 e.